The average Bonchev–Trinajstić information content (AvgIpc) is 2.80. The molecule has 172 valence electrons. The van der Waals surface area contributed by atoms with E-state index in [-0.39, 0.29) is 42.1 Å². The van der Waals surface area contributed by atoms with Crippen LogP contribution in [0.25, 0.3) is 0 Å². The minimum Gasteiger partial charge on any atom is -0.459 e. The predicted octanol–water partition coefficient (Wildman–Crippen LogP) is 2.71. The summed E-state index contributed by atoms with van der Waals surface area (Å²) in [6.45, 7) is 6.93. The summed E-state index contributed by atoms with van der Waals surface area (Å²) in [5.74, 6) is -2.40. The topological polar surface area (TPSA) is 116 Å². The normalized spacial score (nSPS) is 41.6. The van der Waals surface area contributed by atoms with E-state index in [0.29, 0.717) is 12.8 Å². The Hall–Kier alpha value is -2.06. The molecule has 1 fully saturated rings. The lowest BCUT2D eigenvalue weighted by atomic mass is 9.63. The second-order valence-corrected chi connectivity index (χ2v) is 9.34. The molecule has 0 amide bonds. The Morgan fingerprint density at radius 3 is 2.71 bits per heavy atom. The van der Waals surface area contributed by atoms with Gasteiger partial charge in [0, 0.05) is 29.1 Å². The highest BCUT2D eigenvalue weighted by Gasteiger charge is 2.55. The van der Waals surface area contributed by atoms with Gasteiger partial charge in [-0.2, -0.15) is 0 Å². The Balaban J connectivity index is 2.10. The van der Waals surface area contributed by atoms with Crippen molar-refractivity contribution in [3.05, 3.63) is 33.9 Å². The van der Waals surface area contributed by atoms with Crippen LogP contribution in [-0.4, -0.2) is 52.7 Å². The highest BCUT2D eigenvalue weighted by atomic mass is 16.6. The van der Waals surface area contributed by atoms with Crippen molar-refractivity contribution >= 4 is 11.8 Å². The van der Waals surface area contributed by atoms with Crippen LogP contribution in [-0.2, 0) is 19.1 Å². The molecular formula is C23H33NO7. The van der Waals surface area contributed by atoms with Gasteiger partial charge in [-0.25, -0.2) is 0 Å². The van der Waals surface area contributed by atoms with Gasteiger partial charge < -0.3 is 14.6 Å². The van der Waals surface area contributed by atoms with Crippen LogP contribution in [0, 0.1) is 39.7 Å². The van der Waals surface area contributed by atoms with Gasteiger partial charge in [0.05, 0.1) is 24.5 Å². The maximum Gasteiger partial charge on any atom is 0.306 e. The van der Waals surface area contributed by atoms with E-state index in [1.165, 1.54) is 0 Å². The number of carbonyl (C=O) groups excluding carboxylic acids is 2. The summed E-state index contributed by atoms with van der Waals surface area (Å²) >= 11 is 0. The number of esters is 1. The van der Waals surface area contributed by atoms with E-state index in [1.807, 2.05) is 32.1 Å². The fourth-order valence-electron chi connectivity index (χ4n) is 5.57. The van der Waals surface area contributed by atoms with Crippen LogP contribution < -0.4 is 0 Å². The van der Waals surface area contributed by atoms with Crippen LogP contribution in [0.15, 0.2) is 23.8 Å². The summed E-state index contributed by atoms with van der Waals surface area (Å²) in [7, 11) is 0. The fraction of sp³-hybridized carbons (Fsp3) is 0.739. The van der Waals surface area contributed by atoms with E-state index < -0.39 is 41.5 Å². The third kappa shape index (κ3) is 4.46. The van der Waals surface area contributed by atoms with E-state index in [4.69, 9.17) is 9.47 Å². The Bertz CT molecular complexity index is 789. The maximum atomic E-state index is 13.5. The van der Waals surface area contributed by atoms with E-state index in [0.717, 1.165) is 5.57 Å². The molecule has 0 aromatic heterocycles. The summed E-state index contributed by atoms with van der Waals surface area (Å²) < 4.78 is 12.1. The maximum absolute atomic E-state index is 13.5. The number of nitro groups is 1. The molecule has 1 aliphatic carbocycles. The van der Waals surface area contributed by atoms with Crippen LogP contribution in [0.3, 0.4) is 0 Å². The lowest BCUT2D eigenvalue weighted by Crippen LogP contribution is -2.53. The molecule has 8 nitrogen and oxygen atoms in total. The molecule has 1 spiro atoms. The quantitative estimate of drug-likeness (QED) is 0.314. The molecule has 2 heterocycles. The Kier molecular flexibility index (Phi) is 7.01. The average molecular weight is 436 g/mol. The molecule has 0 radical (unpaired) electrons. The number of rotatable bonds is 3. The number of allylic oxidation sites excluding steroid dienone is 1. The van der Waals surface area contributed by atoms with Gasteiger partial charge in [-0.1, -0.05) is 32.1 Å². The third-order valence-electron chi connectivity index (χ3n) is 7.28. The SMILES string of the molecule is C/C1=C\C(C)C(C(C)O)OC(=O)CCC2C=CCC3C(=O)C(C)[C@@H](C[N+](=O)[O-])COC123. The number of ether oxygens (including phenoxy) is 2. The molecule has 2 aliphatic heterocycles. The molecule has 31 heavy (non-hydrogen) atoms. The largest absolute Gasteiger partial charge is 0.459 e. The van der Waals surface area contributed by atoms with Crippen LogP contribution in [0.4, 0.5) is 0 Å². The molecule has 7 unspecified atom stereocenters. The fourth-order valence-corrected chi connectivity index (χ4v) is 5.57. The second-order valence-electron chi connectivity index (χ2n) is 9.34. The second kappa shape index (κ2) is 9.20. The van der Waals surface area contributed by atoms with Gasteiger partial charge in [-0.15, -0.1) is 0 Å². The first-order valence-corrected chi connectivity index (χ1v) is 11.1. The number of carbonyl (C=O) groups is 2. The molecule has 8 heteroatoms. The van der Waals surface area contributed by atoms with Crippen molar-refractivity contribution in [2.45, 2.75) is 64.8 Å². The van der Waals surface area contributed by atoms with Crippen molar-refractivity contribution in [2.75, 3.05) is 13.2 Å². The van der Waals surface area contributed by atoms with Crippen molar-refractivity contribution < 1.29 is 29.1 Å². The lowest BCUT2D eigenvalue weighted by Gasteiger charge is -2.47. The van der Waals surface area contributed by atoms with E-state index in [2.05, 4.69) is 0 Å². The number of aliphatic hydroxyl groups excluding tert-OH is 1. The molecule has 0 aromatic rings. The first-order chi connectivity index (χ1) is 14.6. The summed E-state index contributed by atoms with van der Waals surface area (Å²) in [5, 5.41) is 21.4. The first kappa shape index (κ1) is 23.6. The van der Waals surface area contributed by atoms with Crippen molar-refractivity contribution in [1.82, 2.24) is 0 Å². The zero-order valence-corrected chi connectivity index (χ0v) is 18.7. The molecule has 0 bridgehead atoms. The van der Waals surface area contributed by atoms with Crippen LogP contribution in [0.1, 0.15) is 47.0 Å². The number of Topliss-reactive ketones (excluding diaryl/α,β-unsaturated/α-hetero) is 1. The van der Waals surface area contributed by atoms with Gasteiger partial charge in [-0.3, -0.25) is 19.7 Å². The minimum atomic E-state index is -0.958. The number of aliphatic hydroxyl groups is 1. The molecule has 0 saturated carbocycles. The number of hydrogen-bond donors (Lipinski definition) is 1. The van der Waals surface area contributed by atoms with E-state index in [1.54, 1.807) is 13.8 Å². The van der Waals surface area contributed by atoms with Crippen molar-refractivity contribution in [3.63, 3.8) is 0 Å². The zero-order chi connectivity index (χ0) is 22.9. The monoisotopic (exact) mass is 435 g/mol. The molecule has 1 saturated heterocycles. The number of hydrogen-bond acceptors (Lipinski definition) is 7. The molecular weight excluding hydrogens is 402 g/mol. The Morgan fingerprint density at radius 1 is 1.35 bits per heavy atom. The van der Waals surface area contributed by atoms with Gasteiger partial charge in [0.15, 0.2) is 0 Å². The lowest BCUT2D eigenvalue weighted by molar-refractivity contribution is -0.490. The number of cyclic esters (lactones) is 1. The number of nitrogens with zero attached hydrogens (tertiary/aromatic N) is 1. The van der Waals surface area contributed by atoms with E-state index in [9.17, 15) is 24.8 Å². The smallest absolute Gasteiger partial charge is 0.306 e. The summed E-state index contributed by atoms with van der Waals surface area (Å²) in [4.78, 5) is 36.8. The van der Waals surface area contributed by atoms with Crippen LogP contribution in [0.5, 0.6) is 0 Å². The van der Waals surface area contributed by atoms with Gasteiger partial charge >= 0.3 is 5.97 Å². The van der Waals surface area contributed by atoms with Crippen molar-refractivity contribution in [3.8, 4) is 0 Å². The summed E-state index contributed by atoms with van der Waals surface area (Å²) in [6, 6.07) is 0. The molecule has 3 aliphatic rings. The third-order valence-corrected chi connectivity index (χ3v) is 7.28. The van der Waals surface area contributed by atoms with Gasteiger partial charge in [0.2, 0.25) is 6.54 Å². The molecule has 1 N–H and O–H groups in total. The summed E-state index contributed by atoms with van der Waals surface area (Å²) in [6.07, 6.45) is 5.41. The minimum absolute atomic E-state index is 0.0224. The Labute approximate surface area is 182 Å². The number of ketones is 1. The first-order valence-electron chi connectivity index (χ1n) is 11.1. The Morgan fingerprint density at radius 2 is 2.06 bits per heavy atom. The standard InChI is InChI=1S/C23H33NO7/c1-13-10-14(2)23-18(8-9-20(26)31-22(13)16(4)25)6-5-7-19(23)21(27)15(3)17(12-30-23)11-24(28)29/h5-6,10,13,15-19,22,25H,7-9,11-12H2,1-4H3/b14-10+/t13?,15?,16?,17-,18?,19?,22?,23?/m0/s1. The van der Waals surface area contributed by atoms with Crippen LogP contribution >= 0.6 is 0 Å². The van der Waals surface area contributed by atoms with Gasteiger partial charge in [0.1, 0.15) is 17.5 Å². The van der Waals surface area contributed by atoms with Gasteiger partial charge in [-0.05, 0) is 32.3 Å². The highest BCUT2D eigenvalue weighted by molar-refractivity contribution is 5.86. The van der Waals surface area contributed by atoms with Gasteiger partial charge in [0.25, 0.3) is 0 Å². The molecule has 3 rings (SSSR count). The van der Waals surface area contributed by atoms with Crippen LogP contribution in [0.2, 0.25) is 0 Å². The molecule has 0 aromatic carbocycles. The van der Waals surface area contributed by atoms with Crippen molar-refractivity contribution in [2.24, 2.45) is 29.6 Å². The zero-order valence-electron chi connectivity index (χ0n) is 18.7. The highest BCUT2D eigenvalue weighted by Crippen LogP contribution is 2.49. The summed E-state index contributed by atoms with van der Waals surface area (Å²) in [5.41, 5.74) is -0.106. The predicted molar refractivity (Wildman–Crippen MR) is 113 cm³/mol. The molecule has 8 atom stereocenters. The van der Waals surface area contributed by atoms with Crippen molar-refractivity contribution in [1.29, 1.82) is 0 Å². The van der Waals surface area contributed by atoms with E-state index >= 15 is 0 Å².